The van der Waals surface area contributed by atoms with Crippen LogP contribution in [0.25, 0.3) is 0 Å². The molecule has 15 heterocycles. The van der Waals surface area contributed by atoms with Crippen molar-refractivity contribution < 1.29 is 8.83 Å². The molecule has 99 heavy (non-hydrogen) atoms. The minimum absolute atomic E-state index is 0.822. The van der Waals surface area contributed by atoms with E-state index in [0.717, 1.165) is 45.5 Å². The molecule has 0 atom stereocenters. The smallest absolute Gasteiger partial charge is 0.125 e. The lowest BCUT2D eigenvalue weighted by Gasteiger charge is -1.82. The number of rotatable bonds is 0. The number of furan rings is 2. The van der Waals surface area contributed by atoms with Gasteiger partial charge in [-0.1, -0.05) is 18.2 Å². The number of aromatic amines is 2. The Balaban J connectivity index is 0.000000531. The zero-order chi connectivity index (χ0) is 72.5. The molecule has 0 bridgehead atoms. The second-order valence-corrected chi connectivity index (χ2v) is 22.4. The molecule has 19 nitrogen and oxygen atoms in total. The maximum atomic E-state index is 4.83. The van der Waals surface area contributed by atoms with Gasteiger partial charge in [-0.3, -0.25) is 24.9 Å². The van der Waals surface area contributed by atoms with Gasteiger partial charge in [0.25, 0.3) is 0 Å². The Hall–Kier alpha value is -11.6. The van der Waals surface area contributed by atoms with Gasteiger partial charge >= 0.3 is 0 Å². The van der Waals surface area contributed by atoms with Crippen molar-refractivity contribution in [2.45, 2.75) is 104 Å². The lowest BCUT2D eigenvalue weighted by molar-refractivity contribution is 0.534. The third kappa shape index (κ3) is 58.7. The van der Waals surface area contributed by atoms with Crippen LogP contribution in [0.15, 0.2) is 302 Å². The van der Waals surface area contributed by atoms with Crippen molar-refractivity contribution in [1.29, 1.82) is 0 Å². The van der Waals surface area contributed by atoms with Crippen molar-refractivity contribution in [2.24, 2.45) is 0 Å². The van der Waals surface area contributed by atoms with Gasteiger partial charge < -0.3 is 18.8 Å². The first kappa shape index (κ1) is 85.5. The van der Waals surface area contributed by atoms with Crippen molar-refractivity contribution in [3.63, 3.8) is 0 Å². The van der Waals surface area contributed by atoms with Crippen molar-refractivity contribution in [2.75, 3.05) is 0 Å². The third-order valence-electron chi connectivity index (χ3n) is 10.9. The number of hydrogen-bond acceptors (Lipinski definition) is 19. The minimum atomic E-state index is 0.822. The molecule has 0 aliphatic carbocycles. The molecule has 15 rings (SSSR count). The molecule has 21 heteroatoms. The van der Waals surface area contributed by atoms with Crippen LogP contribution < -0.4 is 0 Å². The standard InChI is InChI=1S/3C6H7N.6C5H6N2.2C5H7N.2C5H6O.2C5H6S/c1-6-2-4-7-5-3-6;1-6-3-2-4-7-5-6;1-6-4-2-3-5-7-6;1-5-2-6-4-7-3-5;1-5-4-6-2-3-7-5;1-5-2-3-6-4-7-5;1-5-2-3-6-7-4-5;1-5-6-3-2-4-7-5;1-5-3-2-4-6-7-5;1-5-2-3-6-4-5;1-5-3-2-4-6-5;1-5-2-3-6-4-5;1-5-3-2-4-6-5;1-5-2-3-6-4-5;1-5-3-2-4-6-5/h3*2-5H,1H3;6*2-4H,1H3;2*2-4,6H,1H3;4*2-4H,1H3. The highest BCUT2D eigenvalue weighted by molar-refractivity contribution is 7.09. The molecule has 0 radical (unpaired) electrons. The van der Waals surface area contributed by atoms with Crippen molar-refractivity contribution in [1.82, 2.24) is 85.2 Å². The van der Waals surface area contributed by atoms with E-state index < -0.39 is 0 Å². The number of aryl methyl sites for hydroxylation is 15. The number of pyridine rings is 3. The van der Waals surface area contributed by atoms with Gasteiger partial charge in [0.2, 0.25) is 0 Å². The van der Waals surface area contributed by atoms with E-state index in [4.69, 9.17) is 8.83 Å². The van der Waals surface area contributed by atoms with E-state index in [2.05, 4.69) is 140 Å². The van der Waals surface area contributed by atoms with Gasteiger partial charge in [0.1, 0.15) is 24.2 Å². The highest BCUT2D eigenvalue weighted by Crippen LogP contribution is 2.04. The Labute approximate surface area is 593 Å². The number of H-pyrrole nitrogens is 2. The second kappa shape index (κ2) is 60.1. The van der Waals surface area contributed by atoms with E-state index in [1.165, 1.54) is 51.0 Å². The maximum absolute atomic E-state index is 4.83. The summed E-state index contributed by atoms with van der Waals surface area (Å²) in [5.41, 5.74) is 13.8. The van der Waals surface area contributed by atoms with Crippen molar-refractivity contribution >= 4 is 22.7 Å². The van der Waals surface area contributed by atoms with Gasteiger partial charge in [-0.15, -0.1) is 11.3 Å². The third-order valence-corrected chi connectivity index (χ3v) is 12.5. The van der Waals surface area contributed by atoms with Gasteiger partial charge in [0, 0.05) is 134 Å². The van der Waals surface area contributed by atoms with Gasteiger partial charge in [0.05, 0.1) is 36.4 Å². The van der Waals surface area contributed by atoms with Gasteiger partial charge in [-0.05, 0) is 268 Å². The SMILES string of the molecule is Cc1cc[nH]c1.Cc1ccc[nH]1.Cc1ccccn1.Cc1cccnc1.Cc1cccnn1.Cc1ccco1.Cc1cccs1.Cc1ccncc1.Cc1ccncn1.Cc1ccnnc1.Cc1ccoc1.Cc1ccsc1.Cc1cnccn1.Cc1cncnc1.Cc1ncccn1. The summed E-state index contributed by atoms with van der Waals surface area (Å²) in [5.74, 6) is 1.79. The number of aromatic nitrogens is 17. The van der Waals surface area contributed by atoms with E-state index in [9.17, 15) is 0 Å². The molecule has 0 amide bonds. The quantitative estimate of drug-likeness (QED) is 0.143. The molecule has 15 aromatic heterocycles. The first-order valence-corrected chi connectivity index (χ1v) is 32.9. The predicted octanol–water partition coefficient (Wildman–Crippen LogP) is 18.8. The van der Waals surface area contributed by atoms with Crippen molar-refractivity contribution in [3.8, 4) is 0 Å². The molecule has 0 saturated heterocycles. The molecule has 0 aliphatic rings. The fraction of sp³-hybridized carbons (Fsp3) is 0.192. The Bertz CT molecular complexity index is 3170. The number of nitrogens with zero attached hydrogens (tertiary/aromatic N) is 15. The summed E-state index contributed by atoms with van der Waals surface area (Å²) in [6.45, 7) is 29.8. The minimum Gasteiger partial charge on any atom is -0.472 e. The van der Waals surface area contributed by atoms with Crippen LogP contribution in [0.1, 0.15) is 83.9 Å². The van der Waals surface area contributed by atoms with Crippen LogP contribution in [0.4, 0.5) is 0 Å². The van der Waals surface area contributed by atoms with E-state index in [0.29, 0.717) is 0 Å². The molecule has 0 aromatic carbocycles. The average Bonchev–Trinajstić information content (AvgIpc) is 4.72. The molecule has 516 valence electrons. The van der Waals surface area contributed by atoms with E-state index >= 15 is 0 Å². The summed E-state index contributed by atoms with van der Waals surface area (Å²) in [4.78, 5) is 49.6. The van der Waals surface area contributed by atoms with Gasteiger partial charge in [-0.2, -0.15) is 31.7 Å². The van der Waals surface area contributed by atoms with Crippen LogP contribution in [-0.4, -0.2) is 85.2 Å². The maximum Gasteiger partial charge on any atom is 0.125 e. The topological polar surface area (TPSA) is 251 Å². The van der Waals surface area contributed by atoms with Crippen LogP contribution in [0, 0.1) is 104 Å². The van der Waals surface area contributed by atoms with Crippen LogP contribution in [-0.2, 0) is 0 Å². The normalized spacial score (nSPS) is 8.76. The molecule has 0 aliphatic heterocycles. The monoisotopic (exact) mass is 1370 g/mol. The fourth-order valence-electron chi connectivity index (χ4n) is 5.75. The molecule has 0 saturated carbocycles. The Kier molecular flexibility index (Phi) is 51.9. The lowest BCUT2D eigenvalue weighted by Crippen LogP contribution is -1.80. The fourth-order valence-corrected chi connectivity index (χ4v) is 6.94. The molecule has 15 aromatic rings. The van der Waals surface area contributed by atoms with E-state index in [1.54, 1.807) is 140 Å². The van der Waals surface area contributed by atoms with E-state index in [-0.39, 0.29) is 0 Å². The molecule has 0 fully saturated rings. The Morgan fingerprint density at radius 1 is 0.354 bits per heavy atom. The van der Waals surface area contributed by atoms with Crippen LogP contribution >= 0.6 is 22.7 Å². The van der Waals surface area contributed by atoms with Crippen molar-refractivity contribution in [3.05, 3.63) is 377 Å². The average molecular weight is 1370 g/mol. The molecule has 0 spiro atoms. The molecule has 2 N–H and O–H groups in total. The Morgan fingerprint density at radius 2 is 1.04 bits per heavy atom. The van der Waals surface area contributed by atoms with Crippen LogP contribution in [0.5, 0.6) is 0 Å². The summed E-state index contributed by atoms with van der Waals surface area (Å²) < 4.78 is 9.55. The number of thiophene rings is 2. The summed E-state index contributed by atoms with van der Waals surface area (Å²) in [6.07, 6.45) is 41.7. The summed E-state index contributed by atoms with van der Waals surface area (Å²) >= 11 is 3.52. The zero-order valence-electron chi connectivity index (χ0n) is 59.6. The first-order chi connectivity index (χ1) is 47.9. The molecular weight excluding hydrogens is 1270 g/mol. The number of hydrogen-bond donors (Lipinski definition) is 2. The van der Waals surface area contributed by atoms with Gasteiger partial charge in [0.15, 0.2) is 0 Å². The Morgan fingerprint density at radius 3 is 1.28 bits per heavy atom. The highest BCUT2D eigenvalue weighted by Gasteiger charge is 1.83. The molecular formula is C78H95N17O2S2. The first-order valence-electron chi connectivity index (χ1n) is 31.1. The predicted molar refractivity (Wildman–Crippen MR) is 404 cm³/mol. The van der Waals surface area contributed by atoms with Crippen LogP contribution in [0.3, 0.4) is 0 Å². The summed E-state index contributed by atoms with van der Waals surface area (Å²) in [6, 6.07) is 41.1. The van der Waals surface area contributed by atoms with Gasteiger partial charge in [-0.25, -0.2) is 29.9 Å². The summed E-state index contributed by atoms with van der Waals surface area (Å²) in [5, 5.41) is 20.9. The van der Waals surface area contributed by atoms with E-state index in [1.807, 2.05) is 211 Å². The highest BCUT2D eigenvalue weighted by atomic mass is 32.1. The number of nitrogens with one attached hydrogen (secondary N) is 2. The largest absolute Gasteiger partial charge is 0.472 e. The molecule has 0 unspecified atom stereocenters. The second-order valence-electron chi connectivity index (χ2n) is 20.5. The zero-order valence-corrected chi connectivity index (χ0v) is 61.2. The van der Waals surface area contributed by atoms with Crippen LogP contribution in [0.2, 0.25) is 0 Å². The lowest BCUT2D eigenvalue weighted by atomic mass is 10.3. The summed E-state index contributed by atoms with van der Waals surface area (Å²) in [7, 11) is 0.